The van der Waals surface area contributed by atoms with Crippen molar-refractivity contribution in [2.45, 2.75) is 82.5 Å². The number of aromatic nitrogens is 3. The van der Waals surface area contributed by atoms with Crippen LogP contribution in [0.25, 0.3) is 0 Å². The average Bonchev–Trinajstić information content (AvgIpc) is 3.63. The van der Waals surface area contributed by atoms with Gasteiger partial charge in [-0.3, -0.25) is 14.3 Å². The number of carbonyl (C=O) groups excluding carboxylic acids is 2. The van der Waals surface area contributed by atoms with Crippen LogP contribution in [-0.4, -0.2) is 59.6 Å². The number of halogens is 2. The van der Waals surface area contributed by atoms with Crippen molar-refractivity contribution in [3.05, 3.63) is 70.0 Å². The summed E-state index contributed by atoms with van der Waals surface area (Å²) in [6.45, 7) is 6.87. The van der Waals surface area contributed by atoms with E-state index in [-0.39, 0.29) is 18.4 Å². The maximum absolute atomic E-state index is 16.1. The van der Waals surface area contributed by atoms with Gasteiger partial charge in [-0.1, -0.05) is 40.2 Å². The molecule has 9 nitrogen and oxygen atoms in total. The number of aliphatic hydroxyl groups is 1. The van der Waals surface area contributed by atoms with E-state index in [0.717, 1.165) is 46.4 Å². The average molecular weight is 685 g/mol. The molecule has 1 spiro atoms. The molecule has 2 saturated heterocycles. The Balaban J connectivity index is 1.29. The van der Waals surface area contributed by atoms with Crippen LogP contribution in [0.5, 0.6) is 0 Å². The van der Waals surface area contributed by atoms with Gasteiger partial charge in [-0.15, -0.1) is 5.10 Å². The number of aryl methyl sites for hydroxylation is 1. The lowest BCUT2D eigenvalue weighted by Gasteiger charge is -2.31. The van der Waals surface area contributed by atoms with Gasteiger partial charge < -0.3 is 23.8 Å². The van der Waals surface area contributed by atoms with E-state index in [1.807, 2.05) is 54.3 Å². The second kappa shape index (κ2) is 12.1. The molecule has 2 amide bonds. The second-order valence-electron chi connectivity index (χ2n) is 12.7. The predicted molar refractivity (Wildman–Crippen MR) is 171 cm³/mol. The number of ether oxygens (including phenoxy) is 1. The second-order valence-corrected chi connectivity index (χ2v) is 17.4. The molecule has 6 rings (SSSR count). The lowest BCUT2D eigenvalue weighted by molar-refractivity contribution is -0.146. The van der Waals surface area contributed by atoms with Crippen molar-refractivity contribution in [2.24, 2.45) is 5.92 Å². The Morgan fingerprint density at radius 1 is 1.16 bits per heavy atom. The molecule has 0 radical (unpaired) electrons. The first kappa shape index (κ1) is 31.1. The van der Waals surface area contributed by atoms with Crippen LogP contribution in [0.1, 0.15) is 49.4 Å². The highest BCUT2D eigenvalue weighted by molar-refractivity contribution is 9.10. The monoisotopic (exact) mass is 683 g/mol. The van der Waals surface area contributed by atoms with Crippen molar-refractivity contribution >= 4 is 47.5 Å². The molecule has 12 heteroatoms. The van der Waals surface area contributed by atoms with Crippen LogP contribution < -0.4 is 9.80 Å². The Hall–Kier alpha value is -2.93. The van der Waals surface area contributed by atoms with Crippen LogP contribution in [0, 0.1) is 5.92 Å². The van der Waals surface area contributed by atoms with E-state index in [2.05, 4.69) is 26.2 Å². The summed E-state index contributed by atoms with van der Waals surface area (Å²) >= 11 is 3.60. The highest BCUT2D eigenvalue weighted by Gasteiger charge is 2.66. The minimum absolute atomic E-state index is 0.00990. The Bertz CT molecular complexity index is 1550. The molecular weight excluding hydrogens is 645 g/mol. The molecular formula is C32H39BrFN5O4Si. The predicted octanol–water partition coefficient (Wildman–Crippen LogP) is 5.50. The minimum atomic E-state index is -3.30. The van der Waals surface area contributed by atoms with Crippen molar-refractivity contribution in [1.29, 1.82) is 0 Å². The van der Waals surface area contributed by atoms with Crippen molar-refractivity contribution in [3.63, 3.8) is 0 Å². The van der Waals surface area contributed by atoms with Crippen LogP contribution in [-0.2, 0) is 39.4 Å². The summed E-state index contributed by atoms with van der Waals surface area (Å²) in [6.07, 6.45) is 4.69. The summed E-state index contributed by atoms with van der Waals surface area (Å²) in [5.41, 5.74) is 2.30. The van der Waals surface area contributed by atoms with Gasteiger partial charge in [0.2, 0.25) is 14.3 Å². The summed E-state index contributed by atoms with van der Waals surface area (Å²) in [4.78, 5) is 30.6. The Morgan fingerprint density at radius 2 is 1.93 bits per heavy atom. The zero-order chi connectivity index (χ0) is 31.2. The van der Waals surface area contributed by atoms with Gasteiger partial charge in [0.05, 0.1) is 24.0 Å². The van der Waals surface area contributed by atoms with Gasteiger partial charge in [0.15, 0.2) is 5.60 Å². The molecule has 3 aliphatic heterocycles. The third kappa shape index (κ3) is 5.54. The normalized spacial score (nSPS) is 25.4. The lowest BCUT2D eigenvalue weighted by atomic mass is 9.82. The van der Waals surface area contributed by atoms with Crippen LogP contribution >= 0.6 is 15.9 Å². The number of piperidine rings is 1. The molecule has 2 fully saturated rings. The third-order valence-corrected chi connectivity index (χ3v) is 12.4. The molecule has 3 aromatic rings. The van der Waals surface area contributed by atoms with Gasteiger partial charge in [-0.05, 0) is 68.3 Å². The number of rotatable bonds is 9. The van der Waals surface area contributed by atoms with Crippen LogP contribution in [0.3, 0.4) is 0 Å². The summed E-state index contributed by atoms with van der Waals surface area (Å²) in [7, 11) is -3.30. The lowest BCUT2D eigenvalue weighted by Crippen LogP contribution is -2.45. The fourth-order valence-electron chi connectivity index (χ4n) is 7.43. The summed E-state index contributed by atoms with van der Waals surface area (Å²) in [5.74, 6) is -0.423. The van der Waals surface area contributed by atoms with Crippen molar-refractivity contribution in [1.82, 2.24) is 15.0 Å². The van der Waals surface area contributed by atoms with E-state index < -0.39 is 31.6 Å². The number of anilines is 2. The fraction of sp³-hybridized carbons (Fsp3) is 0.500. The molecule has 3 aliphatic rings. The Morgan fingerprint density at radius 3 is 2.64 bits per heavy atom. The first-order chi connectivity index (χ1) is 21.0. The number of nitrogens with zero attached hydrogens (tertiary/aromatic N) is 5. The molecule has 44 heavy (non-hydrogen) atoms. The number of hydrogen-bond acceptors (Lipinski definition) is 6. The highest BCUT2D eigenvalue weighted by Crippen LogP contribution is 2.60. The summed E-state index contributed by atoms with van der Waals surface area (Å²) < 4.78 is 25.5. The third-order valence-electron chi connectivity index (χ3n) is 9.43. The van der Waals surface area contributed by atoms with Crippen LogP contribution in [0.4, 0.5) is 15.5 Å². The highest BCUT2D eigenvalue weighted by atomic mass is 79.9. The van der Waals surface area contributed by atoms with Crippen molar-refractivity contribution in [2.75, 3.05) is 23.0 Å². The maximum Gasteiger partial charge on any atom is 0.264 e. The first-order valence-electron chi connectivity index (χ1n) is 15.4. The number of fused-ring (bicyclic) bond motifs is 2. The number of benzene rings is 2. The van der Waals surface area contributed by atoms with E-state index in [4.69, 9.17) is 4.74 Å². The van der Waals surface area contributed by atoms with E-state index >= 15 is 4.11 Å². The van der Waals surface area contributed by atoms with Crippen molar-refractivity contribution in [3.8, 4) is 0 Å². The molecule has 4 atom stereocenters. The SMILES string of the molecule is C[C@H]1[C@H]([Si](C)(C)F)[C@@H](CCn2cc(CCO)nn2)O[C@]12C(=O)N(Cc1ccc(N3CCCCC3=O)cc1)c1ccc(Br)cc12. The molecule has 1 N–H and O–H groups in total. The zero-order valence-electron chi connectivity index (χ0n) is 25.4. The molecule has 4 heterocycles. The van der Waals surface area contributed by atoms with E-state index in [1.165, 1.54) is 0 Å². The summed E-state index contributed by atoms with van der Waals surface area (Å²) in [6, 6.07) is 13.6. The zero-order valence-corrected chi connectivity index (χ0v) is 28.0. The van der Waals surface area contributed by atoms with Gasteiger partial charge in [0.1, 0.15) is 0 Å². The van der Waals surface area contributed by atoms with Gasteiger partial charge in [-0.2, -0.15) is 0 Å². The molecule has 0 bridgehead atoms. The van der Waals surface area contributed by atoms with Gasteiger partial charge in [0, 0.05) is 65.9 Å². The first-order valence-corrected chi connectivity index (χ1v) is 19.2. The van der Waals surface area contributed by atoms with Crippen LogP contribution in [0.15, 0.2) is 53.1 Å². The van der Waals surface area contributed by atoms with Gasteiger partial charge in [-0.25, -0.2) is 0 Å². The smallest absolute Gasteiger partial charge is 0.264 e. The fourth-order valence-corrected chi connectivity index (χ4v) is 10.3. The Kier molecular flexibility index (Phi) is 8.55. The minimum Gasteiger partial charge on any atom is -0.396 e. The summed E-state index contributed by atoms with van der Waals surface area (Å²) in [5, 5.41) is 17.5. The van der Waals surface area contributed by atoms with Gasteiger partial charge >= 0.3 is 0 Å². The molecule has 234 valence electrons. The number of hydrogen-bond donors (Lipinski definition) is 1. The topological polar surface area (TPSA) is 101 Å². The Labute approximate surface area is 266 Å². The number of aliphatic hydroxyl groups excluding tert-OH is 1. The largest absolute Gasteiger partial charge is 0.396 e. The number of carbonyl (C=O) groups is 2. The molecule has 1 aromatic heterocycles. The maximum atomic E-state index is 16.1. The van der Waals surface area contributed by atoms with Crippen molar-refractivity contribution < 1.29 is 23.5 Å². The van der Waals surface area contributed by atoms with E-state index in [9.17, 15) is 14.7 Å². The molecule has 0 unspecified atom stereocenters. The number of amides is 2. The van der Waals surface area contributed by atoms with E-state index in [0.29, 0.717) is 38.0 Å². The molecule has 0 saturated carbocycles. The standard InChI is InChI=1S/C32H39BrFN5O4Si/c1-21-30(44(2,3)34)28(13-16-37-20-24(14-17-40)35-36-37)43-32(21)26-18-23(33)9-12-27(26)39(31(32)42)19-22-7-10-25(11-8-22)38-15-5-4-6-29(38)41/h7-12,18,20-21,28,30,40H,4-6,13-17,19H2,1-3H3/t21-,28+,30-,32+/m0/s1. The van der Waals surface area contributed by atoms with Gasteiger partial charge in [0.25, 0.3) is 5.91 Å². The molecule has 2 aromatic carbocycles. The quantitative estimate of drug-likeness (QED) is 0.236. The van der Waals surface area contributed by atoms with Crippen LogP contribution in [0.2, 0.25) is 18.6 Å². The molecule has 0 aliphatic carbocycles. The van der Waals surface area contributed by atoms with E-state index in [1.54, 1.807) is 28.9 Å².